The average Bonchev–Trinajstić information content (AvgIpc) is 3.09. The molecular weight excluding hydrogens is 274 g/mol. The molecule has 3 heteroatoms. The summed E-state index contributed by atoms with van der Waals surface area (Å²) in [4.78, 5) is 15.9. The first-order valence-electron chi connectivity index (χ1n) is 7.62. The van der Waals surface area contributed by atoms with Crippen molar-refractivity contribution in [2.75, 3.05) is 0 Å². The summed E-state index contributed by atoms with van der Waals surface area (Å²) in [6, 6.07) is 11.8. The SMILES string of the molecule is CC.CC(C)C(=O)c1ccc2cc(-c3cnco3)ccc2c1. The molecule has 0 unspecified atom stereocenters. The van der Waals surface area contributed by atoms with Crippen molar-refractivity contribution in [2.45, 2.75) is 27.7 Å². The summed E-state index contributed by atoms with van der Waals surface area (Å²) in [5.41, 5.74) is 1.75. The fraction of sp³-hybridized carbons (Fsp3) is 0.263. The molecule has 3 rings (SSSR count). The standard InChI is InChI=1S/C17H15NO2.C2H6/c1-11(2)17(19)15-6-4-12-7-14(5-3-13(12)8-15)16-9-18-10-20-16;1-2/h3-11H,1-2H3;1-2H3. The number of carbonyl (C=O) groups excluding carboxylic acids is 1. The highest BCUT2D eigenvalue weighted by atomic mass is 16.3. The average molecular weight is 295 g/mol. The van der Waals surface area contributed by atoms with Gasteiger partial charge in [0, 0.05) is 17.0 Å². The maximum atomic E-state index is 12.0. The number of Topliss-reactive ketones (excluding diaryl/α,β-unsaturated/α-hetero) is 1. The quantitative estimate of drug-likeness (QED) is 0.611. The molecule has 22 heavy (non-hydrogen) atoms. The molecule has 2 aromatic carbocycles. The predicted octanol–water partition coefficient (Wildman–Crippen LogP) is 5.36. The van der Waals surface area contributed by atoms with Gasteiger partial charge in [-0.25, -0.2) is 4.98 Å². The van der Waals surface area contributed by atoms with E-state index in [2.05, 4.69) is 4.98 Å². The Bertz CT molecular complexity index is 758. The minimum Gasteiger partial charge on any atom is -0.444 e. The Kier molecular flexibility index (Phi) is 5.10. The lowest BCUT2D eigenvalue weighted by Crippen LogP contribution is -2.06. The van der Waals surface area contributed by atoms with Crippen LogP contribution < -0.4 is 0 Å². The van der Waals surface area contributed by atoms with Crippen LogP contribution in [-0.4, -0.2) is 10.8 Å². The molecule has 0 spiro atoms. The summed E-state index contributed by atoms with van der Waals surface area (Å²) in [7, 11) is 0. The zero-order chi connectivity index (χ0) is 16.1. The van der Waals surface area contributed by atoms with Gasteiger partial charge in [-0.15, -0.1) is 0 Å². The molecule has 0 fully saturated rings. The van der Waals surface area contributed by atoms with E-state index < -0.39 is 0 Å². The highest BCUT2D eigenvalue weighted by Gasteiger charge is 2.11. The Hall–Kier alpha value is -2.42. The summed E-state index contributed by atoms with van der Waals surface area (Å²) in [5.74, 6) is 0.932. The Morgan fingerprint density at radius 3 is 2.36 bits per heavy atom. The third-order valence-electron chi connectivity index (χ3n) is 3.37. The molecule has 0 amide bonds. The molecule has 0 saturated heterocycles. The monoisotopic (exact) mass is 295 g/mol. The number of oxazole rings is 1. The minimum atomic E-state index is 0.0147. The Labute approximate surface area is 131 Å². The van der Waals surface area contributed by atoms with Crippen LogP contribution >= 0.6 is 0 Å². The fourth-order valence-corrected chi connectivity index (χ4v) is 2.24. The molecule has 0 radical (unpaired) electrons. The summed E-state index contributed by atoms with van der Waals surface area (Å²) < 4.78 is 5.30. The Morgan fingerprint density at radius 2 is 1.73 bits per heavy atom. The molecule has 3 nitrogen and oxygen atoms in total. The molecule has 0 atom stereocenters. The van der Waals surface area contributed by atoms with Crippen LogP contribution in [0.25, 0.3) is 22.1 Å². The van der Waals surface area contributed by atoms with E-state index in [1.165, 1.54) is 6.39 Å². The third-order valence-corrected chi connectivity index (χ3v) is 3.37. The first-order chi connectivity index (χ1) is 10.6. The first kappa shape index (κ1) is 16.0. The van der Waals surface area contributed by atoms with Crippen molar-refractivity contribution in [3.8, 4) is 11.3 Å². The second kappa shape index (κ2) is 7.03. The van der Waals surface area contributed by atoms with Crippen LogP contribution in [0.1, 0.15) is 38.1 Å². The van der Waals surface area contributed by atoms with Gasteiger partial charge in [-0.2, -0.15) is 0 Å². The molecule has 0 aliphatic carbocycles. The molecule has 114 valence electrons. The van der Waals surface area contributed by atoms with E-state index >= 15 is 0 Å². The van der Waals surface area contributed by atoms with Gasteiger partial charge in [0.1, 0.15) is 0 Å². The van der Waals surface area contributed by atoms with Gasteiger partial charge in [-0.05, 0) is 22.9 Å². The van der Waals surface area contributed by atoms with Crippen LogP contribution in [-0.2, 0) is 0 Å². The zero-order valence-corrected chi connectivity index (χ0v) is 13.5. The highest BCUT2D eigenvalue weighted by Crippen LogP contribution is 2.25. The van der Waals surface area contributed by atoms with Gasteiger partial charge in [0.2, 0.25) is 0 Å². The summed E-state index contributed by atoms with van der Waals surface area (Å²) in [6.45, 7) is 7.83. The number of rotatable bonds is 3. The molecule has 1 aromatic heterocycles. The number of nitrogens with zero attached hydrogens (tertiary/aromatic N) is 1. The van der Waals surface area contributed by atoms with Crippen molar-refractivity contribution in [3.05, 3.63) is 54.6 Å². The van der Waals surface area contributed by atoms with Gasteiger partial charge in [0.05, 0.1) is 6.20 Å². The maximum Gasteiger partial charge on any atom is 0.181 e. The van der Waals surface area contributed by atoms with Gasteiger partial charge in [0.15, 0.2) is 17.9 Å². The number of ketones is 1. The second-order valence-corrected chi connectivity index (χ2v) is 5.16. The molecule has 0 aliphatic rings. The van der Waals surface area contributed by atoms with E-state index in [1.54, 1.807) is 6.20 Å². The minimum absolute atomic E-state index is 0.0147. The fourth-order valence-electron chi connectivity index (χ4n) is 2.24. The van der Waals surface area contributed by atoms with E-state index in [9.17, 15) is 4.79 Å². The molecule has 1 heterocycles. The van der Waals surface area contributed by atoms with E-state index in [0.717, 1.165) is 27.7 Å². The van der Waals surface area contributed by atoms with Crippen LogP contribution in [0.4, 0.5) is 0 Å². The normalized spacial score (nSPS) is 10.4. The number of benzene rings is 2. The van der Waals surface area contributed by atoms with Crippen LogP contribution in [0.15, 0.2) is 53.4 Å². The molecule has 3 aromatic rings. The Balaban J connectivity index is 0.000000847. The lowest BCUT2D eigenvalue weighted by Gasteiger charge is -2.06. The number of hydrogen-bond donors (Lipinski definition) is 0. The van der Waals surface area contributed by atoms with Gasteiger partial charge in [-0.1, -0.05) is 52.0 Å². The van der Waals surface area contributed by atoms with Crippen LogP contribution in [0.5, 0.6) is 0 Å². The van der Waals surface area contributed by atoms with Crippen molar-refractivity contribution in [1.82, 2.24) is 4.98 Å². The van der Waals surface area contributed by atoms with Crippen molar-refractivity contribution in [1.29, 1.82) is 0 Å². The predicted molar refractivity (Wildman–Crippen MR) is 90.0 cm³/mol. The second-order valence-electron chi connectivity index (χ2n) is 5.16. The third kappa shape index (κ3) is 3.25. The van der Waals surface area contributed by atoms with Gasteiger partial charge in [-0.3, -0.25) is 4.79 Å². The lowest BCUT2D eigenvalue weighted by atomic mass is 9.97. The molecule has 0 N–H and O–H groups in total. The summed E-state index contributed by atoms with van der Waals surface area (Å²) >= 11 is 0. The largest absolute Gasteiger partial charge is 0.444 e. The van der Waals surface area contributed by atoms with Gasteiger partial charge < -0.3 is 4.42 Å². The van der Waals surface area contributed by atoms with Crippen molar-refractivity contribution in [3.63, 3.8) is 0 Å². The van der Waals surface area contributed by atoms with Crippen LogP contribution in [0.3, 0.4) is 0 Å². The van der Waals surface area contributed by atoms with Gasteiger partial charge >= 0.3 is 0 Å². The first-order valence-corrected chi connectivity index (χ1v) is 7.62. The van der Waals surface area contributed by atoms with Crippen LogP contribution in [0, 0.1) is 5.92 Å². The van der Waals surface area contributed by atoms with E-state index in [0.29, 0.717) is 0 Å². The number of hydrogen-bond acceptors (Lipinski definition) is 3. The number of carbonyl (C=O) groups is 1. The highest BCUT2D eigenvalue weighted by molar-refractivity contribution is 6.01. The summed E-state index contributed by atoms with van der Waals surface area (Å²) in [6.07, 6.45) is 3.11. The maximum absolute atomic E-state index is 12.0. The Morgan fingerprint density at radius 1 is 1.05 bits per heavy atom. The van der Waals surface area contributed by atoms with Crippen LogP contribution in [0.2, 0.25) is 0 Å². The van der Waals surface area contributed by atoms with Crippen molar-refractivity contribution in [2.24, 2.45) is 5.92 Å². The van der Waals surface area contributed by atoms with E-state index in [1.807, 2.05) is 64.1 Å². The van der Waals surface area contributed by atoms with Crippen molar-refractivity contribution >= 4 is 16.6 Å². The topological polar surface area (TPSA) is 43.1 Å². The molecule has 0 aliphatic heterocycles. The molecule has 0 saturated carbocycles. The zero-order valence-electron chi connectivity index (χ0n) is 13.5. The molecular formula is C19H21NO2. The number of fused-ring (bicyclic) bond motifs is 1. The van der Waals surface area contributed by atoms with Crippen molar-refractivity contribution < 1.29 is 9.21 Å². The number of aromatic nitrogens is 1. The lowest BCUT2D eigenvalue weighted by molar-refractivity contribution is 0.0939. The van der Waals surface area contributed by atoms with E-state index in [-0.39, 0.29) is 11.7 Å². The smallest absolute Gasteiger partial charge is 0.181 e. The molecule has 0 bridgehead atoms. The summed E-state index contributed by atoms with van der Waals surface area (Å²) in [5, 5.41) is 2.14. The van der Waals surface area contributed by atoms with E-state index in [4.69, 9.17) is 4.42 Å². The van der Waals surface area contributed by atoms with Gasteiger partial charge in [0.25, 0.3) is 0 Å².